The lowest BCUT2D eigenvalue weighted by molar-refractivity contribution is -0.116. The summed E-state index contributed by atoms with van der Waals surface area (Å²) in [7, 11) is 0. The van der Waals surface area contributed by atoms with Gasteiger partial charge in [-0.3, -0.25) is 4.79 Å². The van der Waals surface area contributed by atoms with E-state index in [1.54, 1.807) is 16.7 Å². The normalized spacial score (nSPS) is 14.6. The lowest BCUT2D eigenvalue weighted by Gasteiger charge is -2.29. The van der Waals surface area contributed by atoms with E-state index in [1.165, 1.54) is 0 Å². The van der Waals surface area contributed by atoms with Crippen LogP contribution in [0.4, 0.5) is 5.69 Å². The number of aliphatic hydroxyl groups is 1. The van der Waals surface area contributed by atoms with Gasteiger partial charge in [-0.25, -0.2) is 0 Å². The molecule has 0 saturated heterocycles. The van der Waals surface area contributed by atoms with Crippen molar-refractivity contribution in [2.75, 3.05) is 17.2 Å². The van der Waals surface area contributed by atoms with Gasteiger partial charge in [0, 0.05) is 11.4 Å². The largest absolute Gasteiger partial charge is 0.392 e. The van der Waals surface area contributed by atoms with Crippen LogP contribution in [0.2, 0.25) is 0 Å². The van der Waals surface area contributed by atoms with Gasteiger partial charge in [0.25, 0.3) is 0 Å². The fraction of sp³-hybridized carbons (Fsp3) is 0.308. The Labute approximate surface area is 105 Å². The van der Waals surface area contributed by atoms with E-state index in [-0.39, 0.29) is 12.5 Å². The highest BCUT2D eigenvalue weighted by atomic mass is 32.2. The first-order chi connectivity index (χ1) is 8.26. The molecule has 0 saturated carbocycles. The second-order valence-electron chi connectivity index (χ2n) is 3.87. The lowest BCUT2D eigenvalue weighted by Crippen LogP contribution is -2.36. The van der Waals surface area contributed by atoms with Gasteiger partial charge >= 0.3 is 0 Å². The third-order valence-corrected chi connectivity index (χ3v) is 3.75. The molecule has 90 valence electrons. The topological polar surface area (TPSA) is 40.5 Å². The van der Waals surface area contributed by atoms with Crippen LogP contribution >= 0.6 is 11.8 Å². The molecule has 0 aliphatic carbocycles. The zero-order chi connectivity index (χ0) is 12.3. The van der Waals surface area contributed by atoms with Gasteiger partial charge in [0.1, 0.15) is 0 Å². The third kappa shape index (κ3) is 2.53. The van der Waals surface area contributed by atoms with Crippen molar-refractivity contribution in [1.29, 1.82) is 0 Å². The SMILES string of the molecule is C=CCCN1C(=O)CSc2ccc(CO)cc21. The minimum atomic E-state index is 0.00142. The van der Waals surface area contributed by atoms with Crippen molar-refractivity contribution in [2.45, 2.75) is 17.9 Å². The summed E-state index contributed by atoms with van der Waals surface area (Å²) < 4.78 is 0. The molecule has 1 aliphatic heterocycles. The molecular formula is C13H15NO2S. The average molecular weight is 249 g/mol. The molecule has 1 aromatic carbocycles. The van der Waals surface area contributed by atoms with Crippen molar-refractivity contribution in [3.8, 4) is 0 Å². The van der Waals surface area contributed by atoms with E-state index in [9.17, 15) is 4.79 Å². The second kappa shape index (κ2) is 5.38. The van der Waals surface area contributed by atoms with Crippen LogP contribution in [0.25, 0.3) is 0 Å². The van der Waals surface area contributed by atoms with Crippen LogP contribution in [0.3, 0.4) is 0 Å². The Morgan fingerprint density at radius 2 is 2.35 bits per heavy atom. The highest BCUT2D eigenvalue weighted by Crippen LogP contribution is 2.36. The highest BCUT2D eigenvalue weighted by Gasteiger charge is 2.24. The zero-order valence-corrected chi connectivity index (χ0v) is 10.4. The highest BCUT2D eigenvalue weighted by molar-refractivity contribution is 8.00. The van der Waals surface area contributed by atoms with Gasteiger partial charge in [0.2, 0.25) is 5.91 Å². The van der Waals surface area contributed by atoms with Crippen LogP contribution in [0.15, 0.2) is 35.7 Å². The summed E-state index contributed by atoms with van der Waals surface area (Å²) in [5.41, 5.74) is 1.75. The number of nitrogens with zero attached hydrogens (tertiary/aromatic N) is 1. The summed E-state index contributed by atoms with van der Waals surface area (Å²) >= 11 is 1.55. The molecule has 4 heteroatoms. The first kappa shape index (κ1) is 12.2. The fourth-order valence-electron chi connectivity index (χ4n) is 1.81. The molecule has 1 amide bonds. The molecule has 0 spiro atoms. The molecule has 1 aromatic rings. The Hall–Kier alpha value is -1.26. The number of fused-ring (bicyclic) bond motifs is 1. The summed E-state index contributed by atoms with van der Waals surface area (Å²) in [5.74, 6) is 0.613. The van der Waals surface area contributed by atoms with Crippen LogP contribution in [0.5, 0.6) is 0 Å². The number of thioether (sulfide) groups is 1. The number of hydrogen-bond acceptors (Lipinski definition) is 3. The van der Waals surface area contributed by atoms with Crippen LogP contribution in [0.1, 0.15) is 12.0 Å². The molecule has 0 atom stereocenters. The molecule has 17 heavy (non-hydrogen) atoms. The Bertz CT molecular complexity index is 445. The molecule has 0 fully saturated rings. The summed E-state index contributed by atoms with van der Waals surface area (Å²) in [4.78, 5) is 14.8. The van der Waals surface area contributed by atoms with E-state index < -0.39 is 0 Å². The Balaban J connectivity index is 2.34. The van der Waals surface area contributed by atoms with Crippen molar-refractivity contribution in [2.24, 2.45) is 0 Å². The number of carbonyl (C=O) groups excluding carboxylic acids is 1. The average Bonchev–Trinajstić information content (AvgIpc) is 2.37. The number of aliphatic hydroxyl groups excluding tert-OH is 1. The van der Waals surface area contributed by atoms with Crippen molar-refractivity contribution in [1.82, 2.24) is 0 Å². The summed E-state index contributed by atoms with van der Waals surface area (Å²) in [6.45, 7) is 4.34. The molecule has 0 bridgehead atoms. The maximum absolute atomic E-state index is 11.9. The molecule has 1 heterocycles. The molecule has 0 aromatic heterocycles. The van der Waals surface area contributed by atoms with E-state index >= 15 is 0 Å². The molecule has 1 N–H and O–H groups in total. The first-order valence-electron chi connectivity index (χ1n) is 5.54. The van der Waals surface area contributed by atoms with Crippen LogP contribution in [-0.4, -0.2) is 23.3 Å². The third-order valence-electron chi connectivity index (χ3n) is 2.71. The van der Waals surface area contributed by atoms with Crippen LogP contribution < -0.4 is 4.90 Å². The predicted molar refractivity (Wildman–Crippen MR) is 70.3 cm³/mol. The minimum Gasteiger partial charge on any atom is -0.392 e. The summed E-state index contributed by atoms with van der Waals surface area (Å²) in [5, 5.41) is 9.14. The summed E-state index contributed by atoms with van der Waals surface area (Å²) in [6.07, 6.45) is 2.59. The zero-order valence-electron chi connectivity index (χ0n) is 9.56. The van der Waals surface area contributed by atoms with Crippen LogP contribution in [0, 0.1) is 0 Å². The number of carbonyl (C=O) groups is 1. The van der Waals surface area contributed by atoms with E-state index in [1.807, 2.05) is 24.3 Å². The molecule has 1 aliphatic rings. The molecular weight excluding hydrogens is 234 g/mol. The Kier molecular flexibility index (Phi) is 3.86. The Morgan fingerprint density at radius 3 is 3.06 bits per heavy atom. The maximum Gasteiger partial charge on any atom is 0.237 e. The van der Waals surface area contributed by atoms with Gasteiger partial charge in [-0.1, -0.05) is 12.1 Å². The van der Waals surface area contributed by atoms with Crippen molar-refractivity contribution in [3.63, 3.8) is 0 Å². The van der Waals surface area contributed by atoms with Crippen LogP contribution in [-0.2, 0) is 11.4 Å². The van der Waals surface area contributed by atoms with E-state index in [0.717, 1.165) is 22.6 Å². The second-order valence-corrected chi connectivity index (χ2v) is 4.89. The van der Waals surface area contributed by atoms with Gasteiger partial charge in [-0.2, -0.15) is 0 Å². The molecule has 3 nitrogen and oxygen atoms in total. The van der Waals surface area contributed by atoms with Crippen molar-refractivity contribution in [3.05, 3.63) is 36.4 Å². The smallest absolute Gasteiger partial charge is 0.237 e. The molecule has 2 rings (SSSR count). The summed E-state index contributed by atoms with van der Waals surface area (Å²) in [6, 6.07) is 5.76. The van der Waals surface area contributed by atoms with Gasteiger partial charge in [0.05, 0.1) is 18.0 Å². The van der Waals surface area contributed by atoms with E-state index in [4.69, 9.17) is 5.11 Å². The minimum absolute atomic E-state index is 0.00142. The number of benzene rings is 1. The Morgan fingerprint density at radius 1 is 1.53 bits per heavy atom. The number of amides is 1. The first-order valence-corrected chi connectivity index (χ1v) is 6.52. The van der Waals surface area contributed by atoms with Gasteiger partial charge in [-0.05, 0) is 24.1 Å². The number of anilines is 1. The predicted octanol–water partition coefficient (Wildman–Crippen LogP) is 2.19. The van der Waals surface area contributed by atoms with E-state index in [2.05, 4.69) is 6.58 Å². The monoisotopic (exact) mass is 249 g/mol. The number of rotatable bonds is 4. The van der Waals surface area contributed by atoms with Gasteiger partial charge in [-0.15, -0.1) is 18.3 Å². The van der Waals surface area contributed by atoms with E-state index in [0.29, 0.717) is 12.3 Å². The quantitative estimate of drug-likeness (QED) is 0.832. The lowest BCUT2D eigenvalue weighted by atomic mass is 10.2. The standard InChI is InChI=1S/C13H15NO2S/c1-2-3-6-14-11-7-10(8-15)4-5-12(11)17-9-13(14)16/h2,4-5,7,15H,1,3,6,8-9H2. The van der Waals surface area contributed by atoms with Gasteiger partial charge < -0.3 is 10.0 Å². The molecule has 0 radical (unpaired) electrons. The van der Waals surface area contributed by atoms with Crippen molar-refractivity contribution >= 4 is 23.4 Å². The fourth-order valence-corrected chi connectivity index (χ4v) is 2.73. The van der Waals surface area contributed by atoms with Gasteiger partial charge in [0.15, 0.2) is 0 Å². The molecule has 0 unspecified atom stereocenters. The maximum atomic E-state index is 11.9. The number of hydrogen-bond donors (Lipinski definition) is 1. The van der Waals surface area contributed by atoms with Crippen molar-refractivity contribution < 1.29 is 9.90 Å².